The molecular weight excluding hydrogens is 356 g/mol. The topological polar surface area (TPSA) is 82.6 Å². The Bertz CT molecular complexity index is 883. The zero-order chi connectivity index (χ0) is 19.7. The minimum absolute atomic E-state index is 0.321. The number of carbonyl (C=O) groups is 3. The Morgan fingerprint density at radius 2 is 1.71 bits per heavy atom. The van der Waals surface area contributed by atoms with Gasteiger partial charge in [-0.2, -0.15) is 0 Å². The number of hydrogen-bond acceptors (Lipinski definition) is 5. The van der Waals surface area contributed by atoms with E-state index in [1.165, 1.54) is 0 Å². The average molecular weight is 378 g/mol. The van der Waals surface area contributed by atoms with Crippen molar-refractivity contribution in [3.8, 4) is 0 Å². The lowest BCUT2D eigenvalue weighted by atomic mass is 9.99. The van der Waals surface area contributed by atoms with Crippen LogP contribution in [0.1, 0.15) is 40.5 Å². The molecule has 1 aromatic heterocycles. The molecule has 28 heavy (non-hydrogen) atoms. The van der Waals surface area contributed by atoms with E-state index in [0.29, 0.717) is 16.8 Å². The quantitative estimate of drug-likeness (QED) is 0.827. The van der Waals surface area contributed by atoms with Crippen LogP contribution in [0.15, 0.2) is 42.6 Å². The van der Waals surface area contributed by atoms with Crippen LogP contribution in [-0.4, -0.2) is 47.2 Å². The van der Waals surface area contributed by atoms with Gasteiger partial charge in [-0.25, -0.2) is 4.98 Å². The molecule has 0 saturated carbocycles. The number of rotatable bonds is 4. The SMILES string of the molecule is CC1CCN(c2ccc(NC(=O)CN3C(=O)c4ccccc4C3=O)cn2)CC1. The number of piperidine rings is 1. The molecule has 0 bridgehead atoms. The third-order valence-electron chi connectivity index (χ3n) is 5.32. The van der Waals surface area contributed by atoms with Crippen LogP contribution in [0.2, 0.25) is 0 Å². The fourth-order valence-corrected chi connectivity index (χ4v) is 3.61. The lowest BCUT2D eigenvalue weighted by Crippen LogP contribution is -2.37. The van der Waals surface area contributed by atoms with Gasteiger partial charge in [0.05, 0.1) is 23.0 Å². The van der Waals surface area contributed by atoms with E-state index < -0.39 is 17.7 Å². The summed E-state index contributed by atoms with van der Waals surface area (Å²) in [5, 5.41) is 2.71. The lowest BCUT2D eigenvalue weighted by Gasteiger charge is -2.31. The lowest BCUT2D eigenvalue weighted by molar-refractivity contribution is -0.116. The molecule has 4 rings (SSSR count). The van der Waals surface area contributed by atoms with Crippen molar-refractivity contribution in [3.05, 3.63) is 53.7 Å². The van der Waals surface area contributed by atoms with Crippen LogP contribution in [0, 0.1) is 5.92 Å². The summed E-state index contributed by atoms with van der Waals surface area (Å²) in [5.74, 6) is 0.324. The van der Waals surface area contributed by atoms with Crippen molar-refractivity contribution in [1.29, 1.82) is 0 Å². The molecule has 2 aliphatic rings. The molecular formula is C21H22N4O3. The third-order valence-corrected chi connectivity index (χ3v) is 5.32. The second-order valence-electron chi connectivity index (χ2n) is 7.36. The molecule has 1 N–H and O–H groups in total. The predicted molar refractivity (Wildman–Crippen MR) is 105 cm³/mol. The third kappa shape index (κ3) is 3.47. The smallest absolute Gasteiger partial charge is 0.262 e. The molecule has 0 aliphatic carbocycles. The van der Waals surface area contributed by atoms with Crippen molar-refractivity contribution in [3.63, 3.8) is 0 Å². The Labute approximate surface area is 163 Å². The second-order valence-corrected chi connectivity index (χ2v) is 7.36. The first-order valence-corrected chi connectivity index (χ1v) is 9.49. The van der Waals surface area contributed by atoms with E-state index in [1.54, 1.807) is 36.5 Å². The van der Waals surface area contributed by atoms with Crippen LogP contribution in [0.4, 0.5) is 11.5 Å². The molecule has 1 saturated heterocycles. The Hall–Kier alpha value is -3.22. The van der Waals surface area contributed by atoms with Crippen LogP contribution >= 0.6 is 0 Å². The first-order valence-electron chi connectivity index (χ1n) is 9.49. The molecule has 144 valence electrons. The van der Waals surface area contributed by atoms with E-state index in [1.807, 2.05) is 6.07 Å². The summed E-state index contributed by atoms with van der Waals surface area (Å²) in [6.45, 7) is 3.91. The fourth-order valence-electron chi connectivity index (χ4n) is 3.61. The van der Waals surface area contributed by atoms with Gasteiger partial charge in [-0.1, -0.05) is 19.1 Å². The highest BCUT2D eigenvalue weighted by Crippen LogP contribution is 2.23. The summed E-state index contributed by atoms with van der Waals surface area (Å²) < 4.78 is 0. The largest absolute Gasteiger partial charge is 0.357 e. The summed E-state index contributed by atoms with van der Waals surface area (Å²) in [7, 11) is 0. The number of anilines is 2. The molecule has 7 nitrogen and oxygen atoms in total. The molecule has 2 aromatic rings. The molecule has 3 amide bonds. The predicted octanol–water partition coefficient (Wildman–Crippen LogP) is 2.55. The first-order chi connectivity index (χ1) is 13.5. The van der Waals surface area contributed by atoms with Gasteiger partial charge in [0, 0.05) is 13.1 Å². The first kappa shape index (κ1) is 18.2. The number of hydrogen-bond donors (Lipinski definition) is 1. The summed E-state index contributed by atoms with van der Waals surface area (Å²) in [6, 6.07) is 10.3. The molecule has 0 atom stereocenters. The van der Waals surface area contributed by atoms with E-state index in [-0.39, 0.29) is 6.54 Å². The Morgan fingerprint density at radius 1 is 1.07 bits per heavy atom. The minimum Gasteiger partial charge on any atom is -0.357 e. The van der Waals surface area contributed by atoms with E-state index >= 15 is 0 Å². The van der Waals surface area contributed by atoms with E-state index in [4.69, 9.17) is 0 Å². The summed E-state index contributed by atoms with van der Waals surface area (Å²) in [6.07, 6.45) is 3.91. The number of nitrogens with zero attached hydrogens (tertiary/aromatic N) is 3. The van der Waals surface area contributed by atoms with Crippen molar-refractivity contribution in [2.45, 2.75) is 19.8 Å². The summed E-state index contributed by atoms with van der Waals surface area (Å²) >= 11 is 0. The molecule has 3 heterocycles. The molecule has 2 aliphatic heterocycles. The van der Waals surface area contributed by atoms with Gasteiger partial charge in [0.25, 0.3) is 11.8 Å². The maximum Gasteiger partial charge on any atom is 0.262 e. The van der Waals surface area contributed by atoms with Crippen LogP contribution < -0.4 is 10.2 Å². The highest BCUT2D eigenvalue weighted by atomic mass is 16.2. The number of carbonyl (C=O) groups excluding carboxylic acids is 3. The van der Waals surface area contributed by atoms with Crippen molar-refractivity contribution >= 4 is 29.2 Å². The van der Waals surface area contributed by atoms with Crippen molar-refractivity contribution in [2.24, 2.45) is 5.92 Å². The van der Waals surface area contributed by atoms with Crippen molar-refractivity contribution in [2.75, 3.05) is 29.9 Å². The van der Waals surface area contributed by atoms with Gasteiger partial charge in [0.1, 0.15) is 12.4 Å². The normalized spacial score (nSPS) is 17.0. The number of nitrogens with one attached hydrogen (secondary N) is 1. The van der Waals surface area contributed by atoms with E-state index in [9.17, 15) is 14.4 Å². The van der Waals surface area contributed by atoms with Crippen LogP contribution in [-0.2, 0) is 4.79 Å². The highest BCUT2D eigenvalue weighted by molar-refractivity contribution is 6.22. The number of fused-ring (bicyclic) bond motifs is 1. The van der Waals surface area contributed by atoms with Gasteiger partial charge >= 0.3 is 0 Å². The minimum atomic E-state index is -0.441. The van der Waals surface area contributed by atoms with Crippen LogP contribution in [0.25, 0.3) is 0 Å². The van der Waals surface area contributed by atoms with Crippen LogP contribution in [0.3, 0.4) is 0 Å². The number of amides is 3. The molecule has 1 fully saturated rings. The standard InChI is InChI=1S/C21H22N4O3/c1-14-8-10-24(11-9-14)18-7-6-15(12-22-18)23-19(26)13-25-20(27)16-4-2-3-5-17(16)21(25)28/h2-7,12,14H,8-11,13H2,1H3,(H,23,26). The summed E-state index contributed by atoms with van der Waals surface area (Å²) in [4.78, 5) is 44.7. The maximum absolute atomic E-state index is 12.3. The van der Waals surface area contributed by atoms with Gasteiger partial charge in [0.2, 0.25) is 5.91 Å². The second kappa shape index (κ2) is 7.42. The highest BCUT2D eigenvalue weighted by Gasteiger charge is 2.36. The maximum atomic E-state index is 12.3. The zero-order valence-corrected chi connectivity index (χ0v) is 15.7. The number of benzene rings is 1. The van der Waals surface area contributed by atoms with Gasteiger partial charge in [-0.15, -0.1) is 0 Å². The Kier molecular flexibility index (Phi) is 4.81. The van der Waals surface area contributed by atoms with E-state index in [0.717, 1.165) is 42.6 Å². The van der Waals surface area contributed by atoms with Gasteiger partial charge in [-0.05, 0) is 43.0 Å². The Balaban J connectivity index is 1.37. The van der Waals surface area contributed by atoms with Gasteiger partial charge in [-0.3, -0.25) is 19.3 Å². The molecule has 7 heteroatoms. The van der Waals surface area contributed by atoms with E-state index in [2.05, 4.69) is 22.1 Å². The average Bonchev–Trinajstić information content (AvgIpc) is 2.94. The zero-order valence-electron chi connectivity index (χ0n) is 15.7. The molecule has 0 unspecified atom stereocenters. The number of pyridine rings is 1. The van der Waals surface area contributed by atoms with Crippen LogP contribution in [0.5, 0.6) is 0 Å². The Morgan fingerprint density at radius 3 is 2.29 bits per heavy atom. The van der Waals surface area contributed by atoms with Gasteiger partial charge in [0.15, 0.2) is 0 Å². The molecule has 0 radical (unpaired) electrons. The fraction of sp³-hybridized carbons (Fsp3) is 0.333. The monoisotopic (exact) mass is 378 g/mol. The molecule has 1 aromatic carbocycles. The molecule has 0 spiro atoms. The van der Waals surface area contributed by atoms with Crippen molar-refractivity contribution in [1.82, 2.24) is 9.88 Å². The van der Waals surface area contributed by atoms with Gasteiger partial charge < -0.3 is 10.2 Å². The number of aromatic nitrogens is 1. The van der Waals surface area contributed by atoms with Crippen molar-refractivity contribution < 1.29 is 14.4 Å². The summed E-state index contributed by atoms with van der Waals surface area (Å²) in [5.41, 5.74) is 1.21. The number of imide groups is 1.